The first-order chi connectivity index (χ1) is 14.6. The first-order valence-corrected chi connectivity index (χ1v) is 10.2. The molecule has 0 atom stereocenters. The zero-order valence-corrected chi connectivity index (χ0v) is 17.7. The average molecular weight is 404 g/mol. The van der Waals surface area contributed by atoms with Crippen molar-refractivity contribution in [3.63, 3.8) is 0 Å². The van der Waals surface area contributed by atoms with Gasteiger partial charge in [-0.05, 0) is 55.8 Å². The fourth-order valence-corrected chi connectivity index (χ4v) is 3.33. The molecule has 3 rings (SSSR count). The summed E-state index contributed by atoms with van der Waals surface area (Å²) in [7, 11) is 0. The number of nitrogens with one attached hydrogen (secondary N) is 1. The zero-order valence-electron chi connectivity index (χ0n) is 17.7. The molecule has 0 fully saturated rings. The minimum Gasteiger partial charge on any atom is -0.494 e. The molecule has 2 aromatic carbocycles. The van der Waals surface area contributed by atoms with Crippen molar-refractivity contribution in [1.29, 1.82) is 0 Å². The molecule has 0 saturated carbocycles. The summed E-state index contributed by atoms with van der Waals surface area (Å²) in [6, 6.07) is 19.8. The van der Waals surface area contributed by atoms with Crippen LogP contribution in [0.25, 0.3) is 0 Å². The Morgan fingerprint density at radius 2 is 1.97 bits per heavy atom. The Morgan fingerprint density at radius 3 is 2.67 bits per heavy atom. The molecular formula is C25H29N3O2. The van der Waals surface area contributed by atoms with Crippen LogP contribution < -0.4 is 10.1 Å². The van der Waals surface area contributed by atoms with Gasteiger partial charge >= 0.3 is 6.03 Å². The zero-order chi connectivity index (χ0) is 21.3. The number of aromatic nitrogens is 1. The van der Waals surface area contributed by atoms with Crippen molar-refractivity contribution in [2.75, 3.05) is 18.5 Å². The molecule has 2 amide bonds. The van der Waals surface area contributed by atoms with Crippen molar-refractivity contribution in [3.8, 4) is 5.75 Å². The van der Waals surface area contributed by atoms with Crippen LogP contribution >= 0.6 is 0 Å². The van der Waals surface area contributed by atoms with Crippen molar-refractivity contribution in [1.82, 2.24) is 9.47 Å². The van der Waals surface area contributed by atoms with E-state index in [1.165, 1.54) is 11.1 Å². The quantitative estimate of drug-likeness (QED) is 0.482. The third kappa shape index (κ3) is 5.77. The second kappa shape index (κ2) is 10.3. The number of ether oxygens (including phenoxy) is 1. The fourth-order valence-electron chi connectivity index (χ4n) is 3.33. The van der Waals surface area contributed by atoms with E-state index in [2.05, 4.69) is 53.7 Å². The predicted octanol–water partition coefficient (Wildman–Crippen LogP) is 5.46. The lowest BCUT2D eigenvalue weighted by Crippen LogP contribution is -2.35. The summed E-state index contributed by atoms with van der Waals surface area (Å²) >= 11 is 0. The van der Waals surface area contributed by atoms with Crippen LogP contribution in [0.1, 0.15) is 23.7 Å². The predicted molar refractivity (Wildman–Crippen MR) is 122 cm³/mol. The molecule has 3 aromatic rings. The number of carbonyl (C=O) groups is 1. The molecule has 0 aliphatic heterocycles. The van der Waals surface area contributed by atoms with Gasteiger partial charge in [-0.3, -0.25) is 0 Å². The molecule has 0 aliphatic carbocycles. The highest BCUT2D eigenvalue weighted by Gasteiger charge is 2.15. The third-order valence-electron chi connectivity index (χ3n) is 4.77. The molecule has 5 nitrogen and oxygen atoms in total. The summed E-state index contributed by atoms with van der Waals surface area (Å²) in [5, 5.41) is 2.96. The lowest BCUT2D eigenvalue weighted by Gasteiger charge is -2.23. The SMILES string of the molecule is C=CCN(Cc1cccn1Cc1cccc(C)c1)C(=O)Nc1ccc(OCC)cc1. The topological polar surface area (TPSA) is 46.5 Å². The molecular weight excluding hydrogens is 374 g/mol. The van der Waals surface area contributed by atoms with Gasteiger partial charge in [0.05, 0.1) is 13.2 Å². The lowest BCUT2D eigenvalue weighted by molar-refractivity contribution is 0.214. The highest BCUT2D eigenvalue weighted by atomic mass is 16.5. The second-order valence-corrected chi connectivity index (χ2v) is 7.17. The number of hydrogen-bond donors (Lipinski definition) is 1. The molecule has 0 radical (unpaired) electrons. The Bertz CT molecular complexity index is 976. The number of benzene rings is 2. The van der Waals surface area contributed by atoms with Gasteiger partial charge in [0.1, 0.15) is 5.75 Å². The molecule has 1 heterocycles. The molecule has 1 N–H and O–H groups in total. The average Bonchev–Trinajstić information content (AvgIpc) is 3.16. The Balaban J connectivity index is 1.69. The van der Waals surface area contributed by atoms with E-state index in [1.54, 1.807) is 11.0 Å². The number of hydrogen-bond acceptors (Lipinski definition) is 2. The molecule has 0 unspecified atom stereocenters. The Kier molecular flexibility index (Phi) is 7.33. The maximum Gasteiger partial charge on any atom is 0.322 e. The number of amides is 2. The minimum absolute atomic E-state index is 0.164. The summed E-state index contributed by atoms with van der Waals surface area (Å²) < 4.78 is 7.63. The van der Waals surface area contributed by atoms with Crippen LogP contribution in [-0.2, 0) is 13.1 Å². The maximum atomic E-state index is 12.9. The van der Waals surface area contributed by atoms with Gasteiger partial charge in [0, 0.05) is 30.7 Å². The van der Waals surface area contributed by atoms with Gasteiger partial charge in [0.15, 0.2) is 0 Å². The van der Waals surface area contributed by atoms with Crippen molar-refractivity contribution in [3.05, 3.63) is 96.3 Å². The maximum absolute atomic E-state index is 12.9. The van der Waals surface area contributed by atoms with Gasteiger partial charge in [-0.15, -0.1) is 6.58 Å². The van der Waals surface area contributed by atoms with Crippen LogP contribution in [0.3, 0.4) is 0 Å². The van der Waals surface area contributed by atoms with E-state index in [0.29, 0.717) is 19.7 Å². The third-order valence-corrected chi connectivity index (χ3v) is 4.77. The van der Waals surface area contributed by atoms with Crippen LogP contribution in [0.4, 0.5) is 10.5 Å². The van der Waals surface area contributed by atoms with Crippen LogP contribution in [0.15, 0.2) is 79.5 Å². The fraction of sp³-hybridized carbons (Fsp3) is 0.240. The molecule has 0 aliphatic rings. The highest BCUT2D eigenvalue weighted by Crippen LogP contribution is 2.17. The van der Waals surface area contributed by atoms with E-state index < -0.39 is 0 Å². The molecule has 0 spiro atoms. The smallest absolute Gasteiger partial charge is 0.322 e. The summed E-state index contributed by atoms with van der Waals surface area (Å²) in [5.41, 5.74) is 4.28. The number of urea groups is 1. The first-order valence-electron chi connectivity index (χ1n) is 10.2. The highest BCUT2D eigenvalue weighted by molar-refractivity contribution is 5.89. The summed E-state index contributed by atoms with van der Waals surface area (Å²) in [6.07, 6.45) is 3.79. The van der Waals surface area contributed by atoms with Crippen molar-refractivity contribution in [2.45, 2.75) is 26.9 Å². The summed E-state index contributed by atoms with van der Waals surface area (Å²) in [5.74, 6) is 0.785. The van der Waals surface area contributed by atoms with Gasteiger partial charge in [-0.2, -0.15) is 0 Å². The van der Waals surface area contributed by atoms with Gasteiger partial charge in [-0.1, -0.05) is 35.9 Å². The molecule has 0 bridgehead atoms. The van der Waals surface area contributed by atoms with E-state index >= 15 is 0 Å². The molecule has 1 aromatic heterocycles. The van der Waals surface area contributed by atoms with Crippen molar-refractivity contribution < 1.29 is 9.53 Å². The standard InChI is InChI=1S/C25H29N3O2/c1-4-15-28(25(29)26-22-11-13-24(14-12-22)30-5-2)19-23-10-7-16-27(23)18-21-9-6-8-20(3)17-21/h4,6-14,16-17H,1,5,15,18-19H2,2-3H3,(H,26,29). The van der Waals surface area contributed by atoms with E-state index in [0.717, 1.165) is 23.7 Å². The Hall–Kier alpha value is -3.47. The van der Waals surface area contributed by atoms with E-state index in [1.807, 2.05) is 43.5 Å². The monoisotopic (exact) mass is 403 g/mol. The number of aryl methyl sites for hydroxylation is 1. The molecule has 156 valence electrons. The summed E-state index contributed by atoms with van der Waals surface area (Å²) in [6.45, 7) is 10.2. The van der Waals surface area contributed by atoms with Crippen LogP contribution in [0, 0.1) is 6.92 Å². The Labute approximate surface area is 178 Å². The summed E-state index contributed by atoms with van der Waals surface area (Å²) in [4.78, 5) is 14.6. The second-order valence-electron chi connectivity index (χ2n) is 7.17. The van der Waals surface area contributed by atoms with Crippen LogP contribution in [0.5, 0.6) is 5.75 Å². The van der Waals surface area contributed by atoms with Gasteiger partial charge in [0.2, 0.25) is 0 Å². The normalized spacial score (nSPS) is 10.5. The van der Waals surface area contributed by atoms with Gasteiger partial charge in [-0.25, -0.2) is 4.79 Å². The number of anilines is 1. The number of nitrogens with zero attached hydrogens (tertiary/aromatic N) is 2. The van der Waals surface area contributed by atoms with E-state index in [9.17, 15) is 4.79 Å². The van der Waals surface area contributed by atoms with Crippen molar-refractivity contribution in [2.24, 2.45) is 0 Å². The van der Waals surface area contributed by atoms with Crippen LogP contribution in [-0.4, -0.2) is 28.6 Å². The number of rotatable bonds is 9. The molecule has 5 heteroatoms. The Morgan fingerprint density at radius 1 is 1.17 bits per heavy atom. The van der Waals surface area contributed by atoms with Crippen LogP contribution in [0.2, 0.25) is 0 Å². The minimum atomic E-state index is -0.164. The van der Waals surface area contributed by atoms with E-state index in [-0.39, 0.29) is 6.03 Å². The lowest BCUT2D eigenvalue weighted by atomic mass is 10.1. The largest absolute Gasteiger partial charge is 0.494 e. The first kappa shape index (κ1) is 21.2. The molecule has 0 saturated heterocycles. The van der Waals surface area contributed by atoms with Crippen molar-refractivity contribution >= 4 is 11.7 Å². The van der Waals surface area contributed by atoms with E-state index in [4.69, 9.17) is 4.74 Å². The van der Waals surface area contributed by atoms with Gasteiger partial charge < -0.3 is 19.5 Å². The van der Waals surface area contributed by atoms with Gasteiger partial charge in [0.25, 0.3) is 0 Å². The number of carbonyl (C=O) groups excluding carboxylic acids is 1. The molecule has 30 heavy (non-hydrogen) atoms.